The summed E-state index contributed by atoms with van der Waals surface area (Å²) in [4.78, 5) is 26.6. The molecule has 1 amide bonds. The Kier molecular flexibility index (Phi) is 4.46. The molecular weight excluding hydrogens is 352 g/mol. The van der Waals surface area contributed by atoms with Gasteiger partial charge in [-0.15, -0.1) is 0 Å². The molecule has 3 N–H and O–H groups in total. The maximum absolute atomic E-state index is 13.0. The van der Waals surface area contributed by atoms with E-state index in [2.05, 4.69) is 0 Å². The van der Waals surface area contributed by atoms with Gasteiger partial charge in [0.2, 0.25) is 0 Å². The van der Waals surface area contributed by atoms with Crippen LogP contribution in [0.2, 0.25) is 5.02 Å². The molecule has 3 rings (SSSR count). The normalized spacial score (nSPS) is 19.2. The topological polar surface area (TPSA) is 92.2 Å². The smallest absolute Gasteiger partial charge is 0.262 e. The fraction of sp³-hybridized carbons (Fsp3) is 0.211. The average molecular weight is 371 g/mol. The molecule has 1 aromatic heterocycles. The summed E-state index contributed by atoms with van der Waals surface area (Å²) >= 11 is 5.97. The number of halogens is 1. The fourth-order valence-corrected chi connectivity index (χ4v) is 3.34. The third kappa shape index (κ3) is 2.82. The molecule has 1 fully saturated rings. The van der Waals surface area contributed by atoms with E-state index >= 15 is 0 Å². The van der Waals surface area contributed by atoms with E-state index in [1.165, 1.54) is 9.47 Å². The zero-order valence-electron chi connectivity index (χ0n) is 14.7. The van der Waals surface area contributed by atoms with Gasteiger partial charge in [-0.25, -0.2) is 0 Å². The van der Waals surface area contributed by atoms with Crippen molar-refractivity contribution in [2.75, 3.05) is 4.90 Å². The summed E-state index contributed by atoms with van der Waals surface area (Å²) < 4.78 is 1.43. The van der Waals surface area contributed by atoms with Gasteiger partial charge in [0.05, 0.1) is 17.0 Å². The van der Waals surface area contributed by atoms with Crippen molar-refractivity contribution in [3.05, 3.63) is 74.3 Å². The summed E-state index contributed by atoms with van der Waals surface area (Å²) in [7, 11) is 1.63. The van der Waals surface area contributed by atoms with Crippen LogP contribution in [-0.2, 0) is 11.8 Å². The van der Waals surface area contributed by atoms with Crippen LogP contribution in [0.3, 0.4) is 0 Å². The van der Waals surface area contributed by atoms with Crippen molar-refractivity contribution in [2.45, 2.75) is 19.9 Å². The first-order chi connectivity index (χ1) is 12.2. The van der Waals surface area contributed by atoms with Crippen LogP contribution in [0.1, 0.15) is 24.1 Å². The second kappa shape index (κ2) is 6.46. The molecule has 0 aliphatic carbocycles. The summed E-state index contributed by atoms with van der Waals surface area (Å²) in [6.45, 7) is 3.30. The van der Waals surface area contributed by atoms with Crippen LogP contribution in [0.15, 0.2) is 52.6 Å². The van der Waals surface area contributed by atoms with Crippen LogP contribution in [0.5, 0.6) is 0 Å². The highest BCUT2D eigenvalue weighted by Gasteiger charge is 2.43. The lowest BCUT2D eigenvalue weighted by Crippen LogP contribution is -2.31. The van der Waals surface area contributed by atoms with Gasteiger partial charge < -0.3 is 15.7 Å². The molecule has 2 heterocycles. The molecule has 0 spiro atoms. The lowest BCUT2D eigenvalue weighted by molar-refractivity contribution is -0.114. The number of nitrogens with one attached hydrogen (secondary N) is 1. The number of nitrogens with two attached hydrogens (primary N) is 1. The van der Waals surface area contributed by atoms with E-state index in [1.54, 1.807) is 57.4 Å². The van der Waals surface area contributed by atoms with E-state index in [1.807, 2.05) is 0 Å². The Balaban J connectivity index is 2.24. The Morgan fingerprint density at radius 1 is 1.23 bits per heavy atom. The van der Waals surface area contributed by atoms with Gasteiger partial charge in [-0.05, 0) is 37.6 Å². The number of hydrogen-bond acceptors (Lipinski definition) is 4. The largest absolute Gasteiger partial charge is 0.402 e. The van der Waals surface area contributed by atoms with Gasteiger partial charge in [0.1, 0.15) is 6.04 Å². The molecule has 1 aliphatic rings. The van der Waals surface area contributed by atoms with Crippen molar-refractivity contribution in [3.63, 3.8) is 0 Å². The van der Waals surface area contributed by atoms with Crippen LogP contribution in [0.25, 0.3) is 0 Å². The first kappa shape index (κ1) is 17.9. The van der Waals surface area contributed by atoms with Gasteiger partial charge in [0.25, 0.3) is 11.5 Å². The van der Waals surface area contributed by atoms with E-state index in [0.717, 1.165) is 5.56 Å². The minimum Gasteiger partial charge on any atom is -0.402 e. The Morgan fingerprint density at radius 3 is 2.38 bits per heavy atom. The quantitative estimate of drug-likeness (QED) is 0.796. The summed E-state index contributed by atoms with van der Waals surface area (Å²) in [5.74, 6) is -0.354. The molecule has 0 radical (unpaired) electrons. The van der Waals surface area contributed by atoms with E-state index < -0.39 is 6.04 Å². The Bertz CT molecular complexity index is 975. The number of aryl methyl sites for hydroxylation is 2. The Hall–Kier alpha value is -2.86. The molecule has 1 unspecified atom stereocenters. The monoisotopic (exact) mass is 370 g/mol. The van der Waals surface area contributed by atoms with E-state index in [-0.39, 0.29) is 22.8 Å². The molecule has 0 saturated carbocycles. The number of pyridine rings is 1. The van der Waals surface area contributed by atoms with Crippen molar-refractivity contribution < 1.29 is 4.79 Å². The molecule has 1 aromatic carbocycles. The van der Waals surface area contributed by atoms with Crippen molar-refractivity contribution in [3.8, 4) is 0 Å². The van der Waals surface area contributed by atoms with Crippen LogP contribution < -0.4 is 16.2 Å². The van der Waals surface area contributed by atoms with Gasteiger partial charge in [-0.2, -0.15) is 0 Å². The van der Waals surface area contributed by atoms with Crippen molar-refractivity contribution in [2.24, 2.45) is 12.8 Å². The third-order valence-corrected chi connectivity index (χ3v) is 4.69. The molecule has 1 aliphatic heterocycles. The predicted molar refractivity (Wildman–Crippen MR) is 103 cm³/mol. The van der Waals surface area contributed by atoms with Crippen LogP contribution >= 0.6 is 11.6 Å². The van der Waals surface area contributed by atoms with Gasteiger partial charge in [0, 0.05) is 29.5 Å². The number of allylic oxidation sites excluding steroid dienone is 1. The minimum absolute atomic E-state index is 0.129. The molecule has 26 heavy (non-hydrogen) atoms. The number of amides is 1. The average Bonchev–Trinajstić information content (AvgIpc) is 2.83. The van der Waals surface area contributed by atoms with Gasteiger partial charge in [-0.1, -0.05) is 23.7 Å². The van der Waals surface area contributed by atoms with Crippen LogP contribution in [0, 0.1) is 12.3 Å². The molecule has 0 bridgehead atoms. The number of aromatic nitrogens is 1. The molecule has 1 atom stereocenters. The number of carbonyl (C=O) groups excluding carboxylic acids is 1. The number of benzene rings is 1. The lowest BCUT2D eigenvalue weighted by atomic mass is 10.00. The molecular formula is C19H19ClN4O2. The van der Waals surface area contributed by atoms with Crippen molar-refractivity contribution >= 4 is 28.9 Å². The SMILES string of the molecule is C/C(N)=C1/C(=N)C(c2ccc(Cl)cc2)N(c2cc(C)c(=O)n(C)c2)C1=O. The van der Waals surface area contributed by atoms with Gasteiger partial charge in [0.15, 0.2) is 0 Å². The lowest BCUT2D eigenvalue weighted by Gasteiger charge is -2.25. The Morgan fingerprint density at radius 2 is 1.85 bits per heavy atom. The third-order valence-electron chi connectivity index (χ3n) is 4.44. The zero-order valence-corrected chi connectivity index (χ0v) is 15.5. The molecule has 1 saturated heterocycles. The fourth-order valence-electron chi connectivity index (χ4n) is 3.21. The Labute approximate surface area is 156 Å². The number of anilines is 1. The van der Waals surface area contributed by atoms with Crippen LogP contribution in [-0.4, -0.2) is 16.2 Å². The molecule has 6 nitrogen and oxygen atoms in total. The minimum atomic E-state index is -0.634. The first-order valence-corrected chi connectivity index (χ1v) is 8.41. The molecule has 2 aromatic rings. The summed E-state index contributed by atoms with van der Waals surface area (Å²) in [5, 5.41) is 9.11. The van der Waals surface area contributed by atoms with Gasteiger partial charge >= 0.3 is 0 Å². The maximum atomic E-state index is 13.0. The number of hydrogen-bond donors (Lipinski definition) is 2. The number of rotatable bonds is 2. The van der Waals surface area contributed by atoms with E-state index in [0.29, 0.717) is 22.0 Å². The molecule has 7 heteroatoms. The highest BCUT2D eigenvalue weighted by atomic mass is 35.5. The number of carbonyl (C=O) groups is 1. The van der Waals surface area contributed by atoms with E-state index in [4.69, 9.17) is 22.7 Å². The summed E-state index contributed by atoms with van der Waals surface area (Å²) in [5.41, 5.74) is 8.16. The standard InChI is InChI=1S/C19H19ClN4O2/c1-10-8-14(9-23(3)18(10)25)24-17(12-4-6-13(20)7-5-12)16(22)15(11(2)21)19(24)26/h4-9,17,22H,21H2,1-3H3/b15-11+,22-16?. The van der Waals surface area contributed by atoms with Crippen LogP contribution in [0.4, 0.5) is 5.69 Å². The first-order valence-electron chi connectivity index (χ1n) is 8.04. The second-order valence-electron chi connectivity index (χ2n) is 6.40. The summed E-state index contributed by atoms with van der Waals surface area (Å²) in [6, 6.07) is 8.03. The zero-order chi connectivity index (χ0) is 19.2. The molecule has 134 valence electrons. The van der Waals surface area contributed by atoms with E-state index in [9.17, 15) is 9.59 Å². The number of nitrogens with zero attached hydrogens (tertiary/aromatic N) is 2. The second-order valence-corrected chi connectivity index (χ2v) is 6.83. The van der Waals surface area contributed by atoms with Crippen molar-refractivity contribution in [1.82, 2.24) is 4.57 Å². The maximum Gasteiger partial charge on any atom is 0.262 e. The summed E-state index contributed by atoms with van der Waals surface area (Å²) in [6.07, 6.45) is 1.60. The highest BCUT2D eigenvalue weighted by Crippen LogP contribution is 2.38. The van der Waals surface area contributed by atoms with Crippen molar-refractivity contribution in [1.29, 1.82) is 5.41 Å². The predicted octanol–water partition coefficient (Wildman–Crippen LogP) is 2.69. The highest BCUT2D eigenvalue weighted by molar-refractivity contribution is 6.34. The van der Waals surface area contributed by atoms with Gasteiger partial charge in [-0.3, -0.25) is 14.5 Å².